The van der Waals surface area contributed by atoms with E-state index in [9.17, 15) is 4.79 Å². The van der Waals surface area contributed by atoms with Gasteiger partial charge in [0.2, 0.25) is 0 Å². The monoisotopic (exact) mass is 426 g/mol. The van der Waals surface area contributed by atoms with Crippen LogP contribution in [0.15, 0.2) is 29.4 Å². The van der Waals surface area contributed by atoms with Crippen molar-refractivity contribution in [3.63, 3.8) is 0 Å². The Balaban J connectivity index is 1.65. The Morgan fingerprint density at radius 3 is 2.67 bits per heavy atom. The standard InChI is InChI=1S/C20H26N8OS/c1-12(27-5-3-26(2)4-6-27)17-8-14(11-30-17)16-9-18(22)28-20(25-16)13(10-24-28)7-15(21)19(23)29/h7-12H,3-6,21-22H2,1-2H3,(H2,23,29)/b15-7-. The number of likely N-dealkylation sites (N-methyl/N-ethyl adjacent to an activating group) is 1. The molecule has 9 nitrogen and oxygen atoms in total. The number of primary amides is 1. The van der Waals surface area contributed by atoms with E-state index in [1.54, 1.807) is 23.6 Å². The van der Waals surface area contributed by atoms with Crippen LogP contribution in [0.3, 0.4) is 0 Å². The van der Waals surface area contributed by atoms with Crippen molar-refractivity contribution in [1.82, 2.24) is 24.4 Å². The van der Waals surface area contributed by atoms with Gasteiger partial charge in [-0.25, -0.2) is 4.98 Å². The number of anilines is 1. The lowest BCUT2D eigenvalue weighted by atomic mass is 10.1. The van der Waals surface area contributed by atoms with Crippen LogP contribution in [0.25, 0.3) is 23.0 Å². The van der Waals surface area contributed by atoms with E-state index in [0.717, 1.165) is 37.4 Å². The number of aromatic nitrogens is 3. The van der Waals surface area contributed by atoms with Gasteiger partial charge in [0, 0.05) is 59.7 Å². The van der Waals surface area contributed by atoms with Crippen LogP contribution in [-0.2, 0) is 4.79 Å². The highest BCUT2D eigenvalue weighted by Gasteiger charge is 2.22. The van der Waals surface area contributed by atoms with Gasteiger partial charge in [0.25, 0.3) is 5.91 Å². The summed E-state index contributed by atoms with van der Waals surface area (Å²) in [4.78, 5) is 22.2. The molecule has 1 atom stereocenters. The molecule has 0 aromatic carbocycles. The normalized spacial score (nSPS) is 17.5. The van der Waals surface area contributed by atoms with Crippen molar-refractivity contribution in [2.45, 2.75) is 13.0 Å². The molecular weight excluding hydrogens is 400 g/mol. The molecule has 1 aliphatic rings. The van der Waals surface area contributed by atoms with Gasteiger partial charge in [-0.15, -0.1) is 11.3 Å². The number of nitrogen functional groups attached to an aromatic ring is 1. The molecule has 158 valence electrons. The number of piperazine rings is 1. The molecule has 1 aliphatic heterocycles. The maximum absolute atomic E-state index is 11.3. The third-order valence-electron chi connectivity index (χ3n) is 5.54. The van der Waals surface area contributed by atoms with Crippen LogP contribution >= 0.6 is 11.3 Å². The van der Waals surface area contributed by atoms with Crippen molar-refractivity contribution in [3.8, 4) is 11.3 Å². The number of carbonyl (C=O) groups is 1. The van der Waals surface area contributed by atoms with Gasteiger partial charge in [-0.2, -0.15) is 9.61 Å². The molecule has 0 spiro atoms. The second-order valence-electron chi connectivity index (χ2n) is 7.62. The van der Waals surface area contributed by atoms with Gasteiger partial charge >= 0.3 is 0 Å². The first kappa shape index (κ1) is 20.3. The minimum atomic E-state index is -0.696. The van der Waals surface area contributed by atoms with E-state index in [2.05, 4.69) is 40.3 Å². The first-order valence-electron chi connectivity index (χ1n) is 9.76. The van der Waals surface area contributed by atoms with Gasteiger partial charge in [-0.05, 0) is 26.1 Å². The van der Waals surface area contributed by atoms with E-state index in [4.69, 9.17) is 22.2 Å². The van der Waals surface area contributed by atoms with E-state index in [1.165, 1.54) is 15.5 Å². The smallest absolute Gasteiger partial charge is 0.264 e. The molecule has 1 amide bonds. The average Bonchev–Trinajstić information content (AvgIpc) is 3.36. The molecule has 1 fully saturated rings. The quantitative estimate of drug-likeness (QED) is 0.521. The Bertz CT molecular complexity index is 1110. The summed E-state index contributed by atoms with van der Waals surface area (Å²) >= 11 is 1.73. The number of nitrogens with zero attached hydrogens (tertiary/aromatic N) is 5. The Morgan fingerprint density at radius 1 is 1.23 bits per heavy atom. The minimum Gasteiger partial charge on any atom is -0.394 e. The second-order valence-corrected chi connectivity index (χ2v) is 8.56. The fraction of sp³-hybridized carbons (Fsp3) is 0.350. The second kappa shape index (κ2) is 8.05. The van der Waals surface area contributed by atoms with Crippen LogP contribution in [0, 0.1) is 0 Å². The van der Waals surface area contributed by atoms with Gasteiger partial charge < -0.3 is 22.1 Å². The van der Waals surface area contributed by atoms with E-state index in [1.807, 2.05) is 0 Å². The third-order valence-corrected chi connectivity index (χ3v) is 6.64. The lowest BCUT2D eigenvalue weighted by Crippen LogP contribution is -2.45. The lowest BCUT2D eigenvalue weighted by Gasteiger charge is -2.36. The molecule has 1 saturated heterocycles. The summed E-state index contributed by atoms with van der Waals surface area (Å²) in [5.41, 5.74) is 19.9. The van der Waals surface area contributed by atoms with E-state index >= 15 is 0 Å². The molecule has 0 saturated carbocycles. The number of nitrogens with two attached hydrogens (primary N) is 3. The molecule has 0 aliphatic carbocycles. The summed E-state index contributed by atoms with van der Waals surface area (Å²) in [5.74, 6) is -0.244. The Labute approximate surface area is 178 Å². The molecule has 4 heterocycles. The molecule has 0 bridgehead atoms. The minimum absolute atomic E-state index is 0.0607. The predicted octanol–water partition coefficient (Wildman–Crippen LogP) is 1.13. The number of fused-ring (bicyclic) bond motifs is 1. The molecule has 3 aromatic rings. The molecule has 10 heteroatoms. The highest BCUT2D eigenvalue weighted by atomic mass is 32.1. The lowest BCUT2D eigenvalue weighted by molar-refractivity contribution is -0.114. The first-order chi connectivity index (χ1) is 14.3. The van der Waals surface area contributed by atoms with Crippen molar-refractivity contribution in [2.75, 3.05) is 39.0 Å². The van der Waals surface area contributed by atoms with Crippen LogP contribution in [-0.4, -0.2) is 63.5 Å². The van der Waals surface area contributed by atoms with Gasteiger partial charge in [0.05, 0.1) is 17.6 Å². The Hall–Kier alpha value is -2.95. The van der Waals surface area contributed by atoms with Crippen LogP contribution in [0.4, 0.5) is 5.82 Å². The van der Waals surface area contributed by atoms with E-state index < -0.39 is 5.91 Å². The van der Waals surface area contributed by atoms with Crippen LogP contribution in [0.2, 0.25) is 0 Å². The summed E-state index contributed by atoms with van der Waals surface area (Å²) in [6, 6.07) is 4.33. The SMILES string of the molecule is CC(c1cc(-c2cc(N)n3ncc(/C=C(\N)C(N)=O)c3n2)cs1)N1CCN(C)CC1. The molecular formula is C20H26N8OS. The molecule has 3 aromatic heterocycles. The maximum Gasteiger partial charge on any atom is 0.264 e. The third kappa shape index (κ3) is 3.89. The predicted molar refractivity (Wildman–Crippen MR) is 120 cm³/mol. The molecule has 30 heavy (non-hydrogen) atoms. The number of amides is 1. The zero-order valence-electron chi connectivity index (χ0n) is 17.1. The number of carbonyl (C=O) groups excluding carboxylic acids is 1. The van der Waals surface area contributed by atoms with Crippen molar-refractivity contribution < 1.29 is 4.79 Å². The molecule has 1 unspecified atom stereocenters. The zero-order chi connectivity index (χ0) is 21.4. The fourth-order valence-corrected chi connectivity index (χ4v) is 4.58. The fourth-order valence-electron chi connectivity index (χ4n) is 3.59. The van der Waals surface area contributed by atoms with Crippen LogP contribution in [0.5, 0.6) is 0 Å². The van der Waals surface area contributed by atoms with Crippen molar-refractivity contribution in [2.24, 2.45) is 11.5 Å². The summed E-state index contributed by atoms with van der Waals surface area (Å²) in [6.07, 6.45) is 3.03. The van der Waals surface area contributed by atoms with Crippen LogP contribution < -0.4 is 17.2 Å². The van der Waals surface area contributed by atoms with Gasteiger partial charge in [0.15, 0.2) is 5.65 Å². The molecule has 6 N–H and O–H groups in total. The number of hydrogen-bond acceptors (Lipinski definition) is 8. The number of hydrogen-bond donors (Lipinski definition) is 3. The van der Waals surface area contributed by atoms with Gasteiger partial charge in [-0.3, -0.25) is 9.69 Å². The topological polar surface area (TPSA) is 132 Å². The Morgan fingerprint density at radius 2 is 1.97 bits per heavy atom. The van der Waals surface area contributed by atoms with E-state index in [0.29, 0.717) is 23.1 Å². The summed E-state index contributed by atoms with van der Waals surface area (Å²) in [5, 5.41) is 6.34. The largest absolute Gasteiger partial charge is 0.394 e. The maximum atomic E-state index is 11.3. The van der Waals surface area contributed by atoms with Crippen LogP contribution in [0.1, 0.15) is 23.4 Å². The molecule has 4 rings (SSSR count). The molecule has 0 radical (unpaired) electrons. The first-order valence-corrected chi connectivity index (χ1v) is 10.6. The number of thiophene rings is 1. The zero-order valence-corrected chi connectivity index (χ0v) is 17.9. The van der Waals surface area contributed by atoms with Crippen molar-refractivity contribution >= 4 is 34.8 Å². The summed E-state index contributed by atoms with van der Waals surface area (Å²) < 4.78 is 1.52. The van der Waals surface area contributed by atoms with Gasteiger partial charge in [0.1, 0.15) is 5.82 Å². The highest BCUT2D eigenvalue weighted by molar-refractivity contribution is 7.10. The van der Waals surface area contributed by atoms with Crippen molar-refractivity contribution in [1.29, 1.82) is 0 Å². The highest BCUT2D eigenvalue weighted by Crippen LogP contribution is 2.32. The Kier molecular flexibility index (Phi) is 5.46. The van der Waals surface area contributed by atoms with Crippen molar-refractivity contribution in [3.05, 3.63) is 39.8 Å². The van der Waals surface area contributed by atoms with Gasteiger partial charge in [-0.1, -0.05) is 0 Å². The number of rotatable bonds is 5. The average molecular weight is 427 g/mol. The summed E-state index contributed by atoms with van der Waals surface area (Å²) in [6.45, 7) is 6.55. The van der Waals surface area contributed by atoms with E-state index in [-0.39, 0.29) is 5.70 Å². The summed E-state index contributed by atoms with van der Waals surface area (Å²) in [7, 11) is 2.16.